The average Bonchev–Trinajstić information content (AvgIpc) is 3.23. The maximum atomic E-state index is 11.9. The number of fused-ring (bicyclic) bond motifs is 1. The van der Waals surface area contributed by atoms with E-state index in [-0.39, 0.29) is 24.3 Å². The fraction of sp³-hybridized carbons (Fsp3) is 0.214. The molecule has 0 bridgehead atoms. The van der Waals surface area contributed by atoms with Crippen LogP contribution in [0.2, 0.25) is 0 Å². The molecule has 0 radical (unpaired) electrons. The van der Waals surface area contributed by atoms with Crippen molar-refractivity contribution < 1.29 is 19.1 Å². The summed E-state index contributed by atoms with van der Waals surface area (Å²) in [5, 5.41) is 14.4. The van der Waals surface area contributed by atoms with Gasteiger partial charge in [0.15, 0.2) is 16.3 Å². The van der Waals surface area contributed by atoms with E-state index in [9.17, 15) is 9.59 Å². The zero-order valence-electron chi connectivity index (χ0n) is 12.9. The highest BCUT2D eigenvalue weighted by Crippen LogP contribution is 2.31. The first-order valence-corrected chi connectivity index (χ1v) is 8.83. The van der Waals surface area contributed by atoms with E-state index in [0.29, 0.717) is 16.5 Å². The van der Waals surface area contributed by atoms with Gasteiger partial charge in [-0.15, -0.1) is 10.2 Å². The number of aromatic nitrogens is 2. The number of nitrogens with zero attached hydrogens (tertiary/aromatic N) is 3. The Hall–Kier alpha value is -2.43. The Morgan fingerprint density at radius 3 is 2.92 bits per heavy atom. The largest absolute Gasteiger partial charge is 0.454 e. The van der Waals surface area contributed by atoms with E-state index in [0.717, 1.165) is 16.9 Å². The quantitative estimate of drug-likeness (QED) is 0.421. The average molecular weight is 416 g/mol. The van der Waals surface area contributed by atoms with E-state index < -0.39 is 10.7 Å². The lowest BCUT2D eigenvalue weighted by molar-refractivity contribution is -0.120. The number of ether oxygens (including phenoxy) is 2. The summed E-state index contributed by atoms with van der Waals surface area (Å²) in [7, 11) is 0. The molecule has 2 heterocycles. The molecular weight excluding hydrogens is 405 g/mol. The van der Waals surface area contributed by atoms with Gasteiger partial charge in [0.25, 0.3) is 5.91 Å². The molecule has 0 saturated heterocycles. The number of rotatable bonds is 6. The van der Waals surface area contributed by atoms with Gasteiger partial charge < -0.3 is 9.47 Å². The lowest BCUT2D eigenvalue weighted by atomic mass is 10.2. The molecule has 1 aliphatic heterocycles. The van der Waals surface area contributed by atoms with E-state index >= 15 is 0 Å². The molecule has 2 aromatic rings. The Bertz CT molecular complexity index is 858. The third kappa shape index (κ3) is 4.81. The first kappa shape index (κ1) is 18.4. The second-order valence-electron chi connectivity index (χ2n) is 4.87. The third-order valence-corrected chi connectivity index (χ3v) is 4.24. The number of amides is 2. The van der Waals surface area contributed by atoms with Gasteiger partial charge in [0.2, 0.25) is 17.8 Å². The van der Waals surface area contributed by atoms with E-state index in [1.807, 2.05) is 0 Å². The summed E-state index contributed by atoms with van der Waals surface area (Å²) >= 11 is 11.9. The molecule has 0 fully saturated rings. The number of hydrogen-bond acceptors (Lipinski definition) is 8. The maximum absolute atomic E-state index is 11.9. The molecule has 1 aromatic heterocycles. The van der Waals surface area contributed by atoms with E-state index in [2.05, 4.69) is 26.0 Å². The van der Waals surface area contributed by atoms with Crippen LogP contribution in [0.5, 0.6) is 11.5 Å². The summed E-state index contributed by atoms with van der Waals surface area (Å²) in [5.41, 5.74) is 3.13. The Balaban J connectivity index is 1.50. The van der Waals surface area contributed by atoms with Crippen LogP contribution in [0.25, 0.3) is 0 Å². The van der Waals surface area contributed by atoms with Crippen LogP contribution < -0.4 is 20.2 Å². The predicted octanol–water partition coefficient (Wildman–Crippen LogP) is 1.70. The van der Waals surface area contributed by atoms with Gasteiger partial charge in [-0.05, 0) is 23.8 Å². The van der Waals surface area contributed by atoms with Crippen LogP contribution in [0, 0.1) is 0 Å². The Kier molecular flexibility index (Phi) is 5.86. The summed E-state index contributed by atoms with van der Waals surface area (Å²) in [6, 6.07) is 5.29. The SMILES string of the molecule is O=C(Cc1nnc(NC(=O)C(Cl)Cl)s1)N/N=C\c1ccc2c(c1)OCO2. The normalized spacial score (nSPS) is 12.6. The molecule has 0 saturated carbocycles. The van der Waals surface area contributed by atoms with Gasteiger partial charge in [-0.1, -0.05) is 34.5 Å². The van der Waals surface area contributed by atoms with Crippen molar-refractivity contribution in [2.75, 3.05) is 12.1 Å². The molecule has 2 amide bonds. The lowest BCUT2D eigenvalue weighted by Crippen LogP contribution is -2.19. The van der Waals surface area contributed by atoms with Crippen molar-refractivity contribution in [3.05, 3.63) is 28.8 Å². The molecule has 0 unspecified atom stereocenters. The number of carbonyl (C=O) groups is 2. The van der Waals surface area contributed by atoms with E-state index in [4.69, 9.17) is 32.7 Å². The van der Waals surface area contributed by atoms with Crippen LogP contribution in [0.4, 0.5) is 5.13 Å². The first-order valence-electron chi connectivity index (χ1n) is 7.14. The molecule has 12 heteroatoms. The Morgan fingerprint density at radius 2 is 2.12 bits per heavy atom. The Morgan fingerprint density at radius 1 is 1.31 bits per heavy atom. The lowest BCUT2D eigenvalue weighted by Gasteiger charge is -1.99. The predicted molar refractivity (Wildman–Crippen MR) is 96.0 cm³/mol. The second-order valence-corrected chi connectivity index (χ2v) is 7.03. The fourth-order valence-electron chi connectivity index (χ4n) is 1.88. The summed E-state index contributed by atoms with van der Waals surface area (Å²) in [6.07, 6.45) is 1.43. The van der Waals surface area contributed by atoms with Crippen LogP contribution in [-0.2, 0) is 16.0 Å². The van der Waals surface area contributed by atoms with Gasteiger partial charge in [-0.2, -0.15) is 5.10 Å². The topological polar surface area (TPSA) is 115 Å². The molecule has 26 heavy (non-hydrogen) atoms. The Labute approximate surface area is 161 Å². The molecule has 3 rings (SSSR count). The van der Waals surface area contributed by atoms with Gasteiger partial charge in [0, 0.05) is 0 Å². The molecule has 0 spiro atoms. The zero-order valence-corrected chi connectivity index (χ0v) is 15.3. The number of alkyl halides is 2. The van der Waals surface area contributed by atoms with Crippen molar-refractivity contribution >= 4 is 57.7 Å². The molecule has 0 atom stereocenters. The van der Waals surface area contributed by atoms with Crippen LogP contribution in [-0.4, -0.2) is 39.9 Å². The summed E-state index contributed by atoms with van der Waals surface area (Å²) in [5.74, 6) is 0.289. The van der Waals surface area contributed by atoms with Gasteiger partial charge in [-0.25, -0.2) is 5.43 Å². The minimum absolute atomic E-state index is 0.0444. The molecule has 1 aromatic carbocycles. The summed E-state index contributed by atoms with van der Waals surface area (Å²) in [6.45, 7) is 0.188. The number of hydrazone groups is 1. The minimum atomic E-state index is -1.21. The zero-order chi connectivity index (χ0) is 18.5. The van der Waals surface area contributed by atoms with Crippen molar-refractivity contribution in [1.29, 1.82) is 0 Å². The van der Waals surface area contributed by atoms with Crippen LogP contribution >= 0.6 is 34.5 Å². The number of hydrogen-bond donors (Lipinski definition) is 2. The smallest absolute Gasteiger partial charge is 0.259 e. The van der Waals surface area contributed by atoms with Crippen molar-refractivity contribution in [2.24, 2.45) is 5.10 Å². The molecule has 2 N–H and O–H groups in total. The highest BCUT2D eigenvalue weighted by atomic mass is 35.5. The maximum Gasteiger partial charge on any atom is 0.259 e. The number of benzene rings is 1. The highest BCUT2D eigenvalue weighted by molar-refractivity contribution is 7.15. The van der Waals surface area contributed by atoms with Crippen LogP contribution in [0.15, 0.2) is 23.3 Å². The van der Waals surface area contributed by atoms with Crippen molar-refractivity contribution in [3.8, 4) is 11.5 Å². The number of carbonyl (C=O) groups excluding carboxylic acids is 2. The van der Waals surface area contributed by atoms with Gasteiger partial charge >= 0.3 is 0 Å². The second kappa shape index (κ2) is 8.30. The highest BCUT2D eigenvalue weighted by Gasteiger charge is 2.15. The van der Waals surface area contributed by atoms with Crippen molar-refractivity contribution in [3.63, 3.8) is 0 Å². The monoisotopic (exact) mass is 415 g/mol. The van der Waals surface area contributed by atoms with E-state index in [1.54, 1.807) is 18.2 Å². The number of halogens is 2. The molecule has 136 valence electrons. The fourth-order valence-corrected chi connectivity index (χ4v) is 2.74. The number of anilines is 1. The minimum Gasteiger partial charge on any atom is -0.454 e. The standard InChI is InChI=1S/C14H11Cl2N5O4S/c15-12(16)13(23)18-14-21-20-11(26-14)4-10(22)19-17-5-7-1-2-8-9(3-7)25-6-24-8/h1-3,5,12H,4,6H2,(H,19,22)(H,18,21,23)/b17-5-. The van der Waals surface area contributed by atoms with Crippen molar-refractivity contribution in [1.82, 2.24) is 15.6 Å². The van der Waals surface area contributed by atoms with Crippen molar-refractivity contribution in [2.45, 2.75) is 11.3 Å². The van der Waals surface area contributed by atoms with Gasteiger partial charge in [0.05, 0.1) is 12.6 Å². The third-order valence-electron chi connectivity index (χ3n) is 3.01. The van der Waals surface area contributed by atoms with E-state index in [1.165, 1.54) is 6.21 Å². The first-order chi connectivity index (χ1) is 12.5. The molecule has 0 aliphatic carbocycles. The van der Waals surface area contributed by atoms with Gasteiger partial charge in [0.1, 0.15) is 5.01 Å². The summed E-state index contributed by atoms with van der Waals surface area (Å²) in [4.78, 5) is 22.0. The van der Waals surface area contributed by atoms with Crippen LogP contribution in [0.1, 0.15) is 10.6 Å². The van der Waals surface area contributed by atoms with Gasteiger partial charge in [-0.3, -0.25) is 14.9 Å². The van der Waals surface area contributed by atoms with Crippen LogP contribution in [0.3, 0.4) is 0 Å². The summed E-state index contributed by atoms with van der Waals surface area (Å²) < 4.78 is 10.5. The molecule has 1 aliphatic rings. The number of nitrogens with one attached hydrogen (secondary N) is 2. The molecule has 9 nitrogen and oxygen atoms in total. The molecular formula is C14H11Cl2N5O4S.